The summed E-state index contributed by atoms with van der Waals surface area (Å²) in [6.45, 7) is 8.23. The summed E-state index contributed by atoms with van der Waals surface area (Å²) in [5.41, 5.74) is 5.10. The maximum absolute atomic E-state index is 13.2. The van der Waals surface area contributed by atoms with Gasteiger partial charge in [-0.15, -0.1) is 0 Å². The first-order valence-corrected chi connectivity index (χ1v) is 9.91. The third-order valence-corrected chi connectivity index (χ3v) is 5.13. The average Bonchev–Trinajstić information content (AvgIpc) is 2.73. The van der Waals surface area contributed by atoms with E-state index in [0.717, 1.165) is 22.3 Å². The largest absolute Gasteiger partial charge is 0.465 e. The molecule has 4 heteroatoms. The van der Waals surface area contributed by atoms with Gasteiger partial charge in [0.1, 0.15) is 0 Å². The van der Waals surface area contributed by atoms with Crippen LogP contribution in [0.2, 0.25) is 0 Å². The summed E-state index contributed by atoms with van der Waals surface area (Å²) in [6.07, 6.45) is 0. The van der Waals surface area contributed by atoms with Gasteiger partial charge >= 0.3 is 5.97 Å². The third kappa shape index (κ3) is 4.60. The van der Waals surface area contributed by atoms with Crippen molar-refractivity contribution in [2.75, 3.05) is 12.4 Å². The maximum atomic E-state index is 13.2. The molecular weight excluding hydrogens is 374 g/mol. The number of hydrogen-bond donors (Lipinski definition) is 1. The summed E-state index contributed by atoms with van der Waals surface area (Å²) in [4.78, 5) is 25.4. The van der Waals surface area contributed by atoms with E-state index in [4.69, 9.17) is 4.74 Å². The van der Waals surface area contributed by atoms with Gasteiger partial charge in [0, 0.05) is 5.56 Å². The number of carbonyl (C=O) groups excluding carboxylic acids is 2. The van der Waals surface area contributed by atoms with Gasteiger partial charge < -0.3 is 10.1 Å². The molecule has 1 amide bonds. The Kier molecular flexibility index (Phi) is 6.06. The molecule has 0 saturated heterocycles. The lowest BCUT2D eigenvalue weighted by molar-refractivity contribution is 0.0602. The van der Waals surface area contributed by atoms with E-state index in [0.29, 0.717) is 16.8 Å². The number of methoxy groups -OCH3 is 1. The van der Waals surface area contributed by atoms with Gasteiger partial charge in [-0.05, 0) is 52.8 Å². The number of aryl methyl sites for hydroxylation is 1. The third-order valence-electron chi connectivity index (χ3n) is 5.13. The van der Waals surface area contributed by atoms with Gasteiger partial charge in [0.25, 0.3) is 5.91 Å². The zero-order valence-corrected chi connectivity index (χ0v) is 18.1. The van der Waals surface area contributed by atoms with E-state index in [9.17, 15) is 9.59 Å². The molecule has 0 aliphatic heterocycles. The molecule has 3 rings (SSSR count). The molecule has 3 aromatic rings. The van der Waals surface area contributed by atoms with Crippen molar-refractivity contribution < 1.29 is 14.3 Å². The van der Waals surface area contributed by atoms with E-state index in [1.807, 2.05) is 67.6 Å². The summed E-state index contributed by atoms with van der Waals surface area (Å²) < 4.78 is 4.91. The van der Waals surface area contributed by atoms with E-state index < -0.39 is 5.97 Å². The molecule has 0 radical (unpaired) electrons. The topological polar surface area (TPSA) is 55.4 Å². The van der Waals surface area contributed by atoms with Gasteiger partial charge in [-0.1, -0.05) is 69.3 Å². The summed E-state index contributed by atoms with van der Waals surface area (Å²) in [5, 5.41) is 2.93. The van der Waals surface area contributed by atoms with Crippen LogP contribution in [0.15, 0.2) is 66.7 Å². The molecule has 0 aliphatic rings. The number of rotatable bonds is 4. The SMILES string of the molecule is COC(=O)c1ccc(-c2ccccc2)cc1NC(=O)c1cc(C(C)(C)C)ccc1C. The highest BCUT2D eigenvalue weighted by atomic mass is 16.5. The first-order chi connectivity index (χ1) is 14.2. The summed E-state index contributed by atoms with van der Waals surface area (Å²) in [6, 6.07) is 21.1. The first kappa shape index (κ1) is 21.3. The van der Waals surface area contributed by atoms with Crippen LogP contribution >= 0.6 is 0 Å². The Morgan fingerprint density at radius 3 is 2.17 bits per heavy atom. The predicted octanol–water partition coefficient (Wildman–Crippen LogP) is 6.00. The van der Waals surface area contributed by atoms with E-state index in [2.05, 4.69) is 26.1 Å². The monoisotopic (exact) mass is 401 g/mol. The molecule has 1 N–H and O–H groups in total. The zero-order chi connectivity index (χ0) is 21.9. The molecule has 154 valence electrons. The number of hydrogen-bond acceptors (Lipinski definition) is 3. The van der Waals surface area contributed by atoms with Crippen LogP contribution in [-0.2, 0) is 10.2 Å². The Morgan fingerprint density at radius 1 is 0.833 bits per heavy atom. The Labute approximate surface area is 177 Å². The highest BCUT2D eigenvalue weighted by Crippen LogP contribution is 2.28. The smallest absolute Gasteiger partial charge is 0.339 e. The Morgan fingerprint density at radius 2 is 1.53 bits per heavy atom. The Hall–Kier alpha value is -3.40. The summed E-state index contributed by atoms with van der Waals surface area (Å²) in [7, 11) is 1.33. The van der Waals surface area contributed by atoms with Gasteiger partial charge in [-0.2, -0.15) is 0 Å². The van der Waals surface area contributed by atoms with Crippen LogP contribution in [-0.4, -0.2) is 19.0 Å². The summed E-state index contributed by atoms with van der Waals surface area (Å²) >= 11 is 0. The van der Waals surface area contributed by atoms with E-state index in [1.54, 1.807) is 6.07 Å². The molecule has 0 bridgehead atoms. The lowest BCUT2D eigenvalue weighted by Crippen LogP contribution is -2.18. The molecule has 0 fully saturated rings. The molecule has 0 aromatic heterocycles. The van der Waals surface area contributed by atoms with Crippen LogP contribution < -0.4 is 5.32 Å². The Bertz CT molecular complexity index is 1080. The number of anilines is 1. The molecule has 0 saturated carbocycles. The van der Waals surface area contributed by atoms with Gasteiger partial charge in [0.2, 0.25) is 0 Å². The second kappa shape index (κ2) is 8.54. The van der Waals surface area contributed by atoms with Crippen molar-refractivity contribution in [3.63, 3.8) is 0 Å². The van der Waals surface area contributed by atoms with Crippen molar-refractivity contribution in [2.24, 2.45) is 0 Å². The first-order valence-electron chi connectivity index (χ1n) is 9.91. The average molecular weight is 402 g/mol. The molecule has 30 heavy (non-hydrogen) atoms. The van der Waals surface area contributed by atoms with Crippen molar-refractivity contribution in [1.82, 2.24) is 0 Å². The van der Waals surface area contributed by atoms with E-state index >= 15 is 0 Å². The standard InChI is InChI=1S/C26H27NO3/c1-17-11-13-20(26(2,3)4)16-22(17)24(28)27-23-15-19(18-9-7-6-8-10-18)12-14-21(23)25(29)30-5/h6-16H,1-5H3,(H,27,28). The quantitative estimate of drug-likeness (QED) is 0.546. The van der Waals surface area contributed by atoms with Gasteiger partial charge in [-0.3, -0.25) is 4.79 Å². The molecule has 0 spiro atoms. The van der Waals surface area contributed by atoms with Crippen molar-refractivity contribution in [1.29, 1.82) is 0 Å². The van der Waals surface area contributed by atoms with Crippen molar-refractivity contribution >= 4 is 17.6 Å². The van der Waals surface area contributed by atoms with E-state index in [-0.39, 0.29) is 11.3 Å². The maximum Gasteiger partial charge on any atom is 0.339 e. The molecule has 4 nitrogen and oxygen atoms in total. The minimum atomic E-state index is -0.495. The fraction of sp³-hybridized carbons (Fsp3) is 0.231. The number of benzene rings is 3. The number of nitrogens with one attached hydrogen (secondary N) is 1. The number of esters is 1. The normalized spacial score (nSPS) is 11.1. The molecule has 0 aliphatic carbocycles. The highest BCUT2D eigenvalue weighted by molar-refractivity contribution is 6.09. The predicted molar refractivity (Wildman–Crippen MR) is 121 cm³/mol. The molecule has 3 aromatic carbocycles. The fourth-order valence-corrected chi connectivity index (χ4v) is 3.27. The van der Waals surface area contributed by atoms with Crippen molar-refractivity contribution in [3.05, 3.63) is 89.0 Å². The van der Waals surface area contributed by atoms with Gasteiger partial charge in [0.05, 0.1) is 18.4 Å². The second-order valence-electron chi connectivity index (χ2n) is 8.35. The van der Waals surface area contributed by atoms with Crippen LogP contribution in [0.3, 0.4) is 0 Å². The van der Waals surface area contributed by atoms with Crippen LogP contribution in [0.25, 0.3) is 11.1 Å². The minimum absolute atomic E-state index is 0.0763. The van der Waals surface area contributed by atoms with Gasteiger partial charge in [-0.25, -0.2) is 4.79 Å². The lowest BCUT2D eigenvalue weighted by Gasteiger charge is -2.21. The number of ether oxygens (including phenoxy) is 1. The van der Waals surface area contributed by atoms with Crippen LogP contribution in [0.1, 0.15) is 52.6 Å². The van der Waals surface area contributed by atoms with Crippen LogP contribution in [0.4, 0.5) is 5.69 Å². The lowest BCUT2D eigenvalue weighted by atomic mass is 9.85. The van der Waals surface area contributed by atoms with E-state index in [1.165, 1.54) is 7.11 Å². The summed E-state index contributed by atoms with van der Waals surface area (Å²) in [5.74, 6) is -0.751. The number of carbonyl (C=O) groups is 2. The fourth-order valence-electron chi connectivity index (χ4n) is 3.27. The van der Waals surface area contributed by atoms with Crippen LogP contribution in [0.5, 0.6) is 0 Å². The zero-order valence-electron chi connectivity index (χ0n) is 18.1. The van der Waals surface area contributed by atoms with Crippen molar-refractivity contribution in [3.8, 4) is 11.1 Å². The molecule has 0 atom stereocenters. The highest BCUT2D eigenvalue weighted by Gasteiger charge is 2.20. The van der Waals surface area contributed by atoms with Crippen molar-refractivity contribution in [2.45, 2.75) is 33.1 Å². The van der Waals surface area contributed by atoms with Crippen LogP contribution in [0, 0.1) is 6.92 Å². The second-order valence-corrected chi connectivity index (χ2v) is 8.35. The number of amides is 1. The van der Waals surface area contributed by atoms with Gasteiger partial charge in [0.15, 0.2) is 0 Å². The molecule has 0 heterocycles. The molecular formula is C26H27NO3. The Balaban J connectivity index is 2.02. The molecule has 0 unspecified atom stereocenters. The minimum Gasteiger partial charge on any atom is -0.465 e.